The van der Waals surface area contributed by atoms with Crippen molar-refractivity contribution in [1.29, 1.82) is 0 Å². The van der Waals surface area contributed by atoms with Gasteiger partial charge in [0.25, 0.3) is 5.91 Å². The Morgan fingerprint density at radius 2 is 1.62 bits per heavy atom. The van der Waals surface area contributed by atoms with Crippen molar-refractivity contribution < 1.29 is 19.1 Å². The van der Waals surface area contributed by atoms with Crippen molar-refractivity contribution in [2.75, 3.05) is 6.61 Å². The van der Waals surface area contributed by atoms with E-state index in [1.54, 1.807) is 31.2 Å². The first-order valence-electron chi connectivity index (χ1n) is 7.40. The van der Waals surface area contributed by atoms with Gasteiger partial charge in [0.2, 0.25) is 0 Å². The first-order chi connectivity index (χ1) is 11.6. The van der Waals surface area contributed by atoms with E-state index in [0.29, 0.717) is 12.1 Å². The topological polar surface area (TPSA) is 84.5 Å². The van der Waals surface area contributed by atoms with E-state index < -0.39 is 24.5 Å². The largest absolute Gasteiger partial charge is 0.452 e. The molecule has 0 atom stereocenters. The second kappa shape index (κ2) is 8.47. The molecule has 0 fully saturated rings. The van der Waals surface area contributed by atoms with Gasteiger partial charge in [0.15, 0.2) is 6.61 Å². The molecule has 0 aliphatic rings. The van der Waals surface area contributed by atoms with E-state index in [4.69, 9.17) is 4.74 Å². The molecule has 0 aromatic heterocycles. The fourth-order valence-corrected chi connectivity index (χ4v) is 2.00. The average Bonchev–Trinajstić information content (AvgIpc) is 2.59. The van der Waals surface area contributed by atoms with Gasteiger partial charge in [0.05, 0.1) is 5.56 Å². The molecule has 0 heterocycles. The molecule has 0 bridgehead atoms. The summed E-state index contributed by atoms with van der Waals surface area (Å²) in [5.41, 5.74) is 2.05. The maximum atomic E-state index is 11.9. The molecule has 0 spiro atoms. The highest BCUT2D eigenvalue weighted by atomic mass is 16.5. The SMILES string of the molecule is Cc1ccccc1C(=O)OCC(=O)NC(=O)NCc1ccccc1. The minimum absolute atomic E-state index is 0.295. The first kappa shape index (κ1) is 17.2. The molecule has 6 nitrogen and oxygen atoms in total. The second-order valence-corrected chi connectivity index (χ2v) is 5.11. The van der Waals surface area contributed by atoms with Crippen LogP contribution in [0.5, 0.6) is 0 Å². The van der Waals surface area contributed by atoms with Crippen LogP contribution in [0, 0.1) is 6.92 Å². The van der Waals surface area contributed by atoms with Gasteiger partial charge < -0.3 is 10.1 Å². The van der Waals surface area contributed by atoms with Gasteiger partial charge in [-0.1, -0.05) is 48.5 Å². The number of urea groups is 1. The highest BCUT2D eigenvalue weighted by molar-refractivity contribution is 5.97. The molecule has 124 valence electrons. The van der Waals surface area contributed by atoms with Gasteiger partial charge in [-0.3, -0.25) is 10.1 Å². The average molecular weight is 326 g/mol. The number of benzene rings is 2. The third kappa shape index (κ3) is 5.24. The number of amides is 3. The Labute approximate surface area is 139 Å². The fourth-order valence-electron chi connectivity index (χ4n) is 2.00. The Morgan fingerprint density at radius 1 is 0.958 bits per heavy atom. The molecular weight excluding hydrogens is 308 g/mol. The molecule has 6 heteroatoms. The first-order valence-corrected chi connectivity index (χ1v) is 7.40. The number of rotatable bonds is 5. The summed E-state index contributed by atoms with van der Waals surface area (Å²) in [5.74, 6) is -1.30. The van der Waals surface area contributed by atoms with Gasteiger partial charge in [-0.15, -0.1) is 0 Å². The highest BCUT2D eigenvalue weighted by Crippen LogP contribution is 2.08. The minimum atomic E-state index is -0.692. The van der Waals surface area contributed by atoms with Crippen molar-refractivity contribution in [3.63, 3.8) is 0 Å². The maximum Gasteiger partial charge on any atom is 0.338 e. The molecule has 2 aromatic carbocycles. The zero-order chi connectivity index (χ0) is 17.4. The summed E-state index contributed by atoms with van der Waals surface area (Å²) in [7, 11) is 0. The van der Waals surface area contributed by atoms with E-state index in [1.807, 2.05) is 30.3 Å². The van der Waals surface area contributed by atoms with E-state index in [1.165, 1.54) is 0 Å². The van der Waals surface area contributed by atoms with Crippen LogP contribution in [0.3, 0.4) is 0 Å². The number of carbonyl (C=O) groups excluding carboxylic acids is 3. The van der Waals surface area contributed by atoms with Crippen molar-refractivity contribution >= 4 is 17.9 Å². The van der Waals surface area contributed by atoms with E-state index in [0.717, 1.165) is 11.1 Å². The minimum Gasteiger partial charge on any atom is -0.452 e. The predicted molar refractivity (Wildman–Crippen MR) is 88.3 cm³/mol. The number of nitrogens with one attached hydrogen (secondary N) is 2. The molecular formula is C18H18N2O4. The third-order valence-electron chi connectivity index (χ3n) is 3.25. The summed E-state index contributed by atoms with van der Waals surface area (Å²) in [6.45, 7) is 1.54. The molecule has 3 amide bonds. The van der Waals surface area contributed by atoms with Gasteiger partial charge in [0.1, 0.15) is 0 Å². The lowest BCUT2D eigenvalue weighted by Gasteiger charge is -2.08. The van der Waals surface area contributed by atoms with Crippen LogP contribution < -0.4 is 10.6 Å². The smallest absolute Gasteiger partial charge is 0.338 e. The number of carbonyl (C=O) groups is 3. The maximum absolute atomic E-state index is 11.9. The number of aryl methyl sites for hydroxylation is 1. The van der Waals surface area contributed by atoms with Crippen LogP contribution in [0.15, 0.2) is 54.6 Å². The van der Waals surface area contributed by atoms with Crippen molar-refractivity contribution in [3.8, 4) is 0 Å². The zero-order valence-corrected chi connectivity index (χ0v) is 13.2. The summed E-state index contributed by atoms with van der Waals surface area (Å²) in [4.78, 5) is 35.1. The standard InChI is InChI=1S/C18H18N2O4/c1-13-7-5-6-10-15(13)17(22)24-12-16(21)20-18(23)19-11-14-8-3-2-4-9-14/h2-10H,11-12H2,1H3,(H2,19,20,21,23). The highest BCUT2D eigenvalue weighted by Gasteiger charge is 2.13. The molecule has 0 aliphatic heterocycles. The van der Waals surface area contributed by atoms with Crippen LogP contribution in [-0.2, 0) is 16.1 Å². The van der Waals surface area contributed by atoms with Crippen LogP contribution in [-0.4, -0.2) is 24.5 Å². The van der Waals surface area contributed by atoms with Gasteiger partial charge in [0, 0.05) is 6.54 Å². The summed E-state index contributed by atoms with van der Waals surface area (Å²) in [6.07, 6.45) is 0. The third-order valence-corrected chi connectivity index (χ3v) is 3.25. The number of hydrogen-bond acceptors (Lipinski definition) is 4. The molecule has 0 radical (unpaired) electrons. The second-order valence-electron chi connectivity index (χ2n) is 5.11. The van der Waals surface area contributed by atoms with Crippen molar-refractivity contribution in [3.05, 3.63) is 71.3 Å². The Balaban J connectivity index is 1.74. The summed E-state index contributed by atoms with van der Waals surface area (Å²) >= 11 is 0. The summed E-state index contributed by atoms with van der Waals surface area (Å²) in [5, 5.41) is 4.65. The molecule has 2 aromatic rings. The predicted octanol–water partition coefficient (Wildman–Crippen LogP) is 2.18. The zero-order valence-electron chi connectivity index (χ0n) is 13.2. The molecule has 24 heavy (non-hydrogen) atoms. The van der Waals surface area contributed by atoms with Gasteiger partial charge in [-0.25, -0.2) is 9.59 Å². The number of esters is 1. The van der Waals surface area contributed by atoms with Crippen molar-refractivity contribution in [1.82, 2.24) is 10.6 Å². The molecule has 2 rings (SSSR count). The molecule has 0 aliphatic carbocycles. The van der Waals surface area contributed by atoms with E-state index >= 15 is 0 Å². The van der Waals surface area contributed by atoms with Crippen LogP contribution >= 0.6 is 0 Å². The number of ether oxygens (including phenoxy) is 1. The van der Waals surface area contributed by atoms with Crippen LogP contribution in [0.2, 0.25) is 0 Å². The van der Waals surface area contributed by atoms with Gasteiger partial charge in [-0.2, -0.15) is 0 Å². The van der Waals surface area contributed by atoms with Crippen LogP contribution in [0.1, 0.15) is 21.5 Å². The lowest BCUT2D eigenvalue weighted by molar-refractivity contribution is -0.123. The van der Waals surface area contributed by atoms with Crippen LogP contribution in [0.4, 0.5) is 4.79 Å². The Morgan fingerprint density at radius 3 is 2.33 bits per heavy atom. The van der Waals surface area contributed by atoms with E-state index in [9.17, 15) is 14.4 Å². The van der Waals surface area contributed by atoms with Gasteiger partial charge >= 0.3 is 12.0 Å². The van der Waals surface area contributed by atoms with E-state index in [2.05, 4.69) is 10.6 Å². The van der Waals surface area contributed by atoms with Crippen LogP contribution in [0.25, 0.3) is 0 Å². The number of hydrogen-bond donors (Lipinski definition) is 2. The van der Waals surface area contributed by atoms with Crippen molar-refractivity contribution in [2.24, 2.45) is 0 Å². The van der Waals surface area contributed by atoms with Crippen molar-refractivity contribution in [2.45, 2.75) is 13.5 Å². The molecule has 2 N–H and O–H groups in total. The number of imide groups is 1. The summed E-state index contributed by atoms with van der Waals surface area (Å²) in [6, 6.07) is 15.5. The molecule has 0 saturated heterocycles. The lowest BCUT2D eigenvalue weighted by atomic mass is 10.1. The van der Waals surface area contributed by atoms with Gasteiger partial charge in [-0.05, 0) is 24.1 Å². The quantitative estimate of drug-likeness (QED) is 0.825. The molecule has 0 saturated carbocycles. The summed E-state index contributed by atoms with van der Waals surface area (Å²) < 4.78 is 4.90. The normalized spacial score (nSPS) is 9.88. The Hall–Kier alpha value is -3.15. The molecule has 0 unspecified atom stereocenters. The monoisotopic (exact) mass is 326 g/mol. The Bertz CT molecular complexity index is 729. The lowest BCUT2D eigenvalue weighted by Crippen LogP contribution is -2.41. The van der Waals surface area contributed by atoms with E-state index in [-0.39, 0.29) is 0 Å². The fraction of sp³-hybridized carbons (Fsp3) is 0.167. The Kier molecular flexibility index (Phi) is 6.08.